The summed E-state index contributed by atoms with van der Waals surface area (Å²) in [6.45, 7) is 4.34. The SMILES string of the molecule is Cc1nc(C)c(C=CCN=[N+]=[N-])s1. The van der Waals surface area contributed by atoms with E-state index in [4.69, 9.17) is 5.53 Å². The summed E-state index contributed by atoms with van der Waals surface area (Å²) in [4.78, 5) is 8.06. The predicted octanol–water partition coefficient (Wildman–Crippen LogP) is 3.08. The number of nitrogens with zero attached hydrogens (tertiary/aromatic N) is 4. The molecule has 1 aromatic rings. The van der Waals surface area contributed by atoms with Gasteiger partial charge in [0.25, 0.3) is 0 Å². The van der Waals surface area contributed by atoms with Crippen molar-refractivity contribution in [3.8, 4) is 0 Å². The molecule has 0 N–H and O–H groups in total. The molecule has 0 atom stereocenters. The number of aromatic nitrogens is 1. The van der Waals surface area contributed by atoms with Gasteiger partial charge in [-0.15, -0.1) is 11.3 Å². The normalized spacial score (nSPS) is 10.3. The van der Waals surface area contributed by atoms with Crippen LogP contribution in [-0.4, -0.2) is 11.5 Å². The van der Waals surface area contributed by atoms with E-state index in [9.17, 15) is 0 Å². The smallest absolute Gasteiger partial charge is 0.0903 e. The van der Waals surface area contributed by atoms with Crippen molar-refractivity contribution >= 4 is 17.4 Å². The number of rotatable bonds is 3. The molecule has 13 heavy (non-hydrogen) atoms. The minimum atomic E-state index is 0.396. The van der Waals surface area contributed by atoms with E-state index in [2.05, 4.69) is 15.0 Å². The first-order valence-electron chi connectivity index (χ1n) is 3.85. The average molecular weight is 194 g/mol. The van der Waals surface area contributed by atoms with Gasteiger partial charge in [-0.3, -0.25) is 0 Å². The fourth-order valence-corrected chi connectivity index (χ4v) is 1.80. The van der Waals surface area contributed by atoms with Crippen LogP contribution in [0.2, 0.25) is 0 Å². The first-order chi connectivity index (χ1) is 6.24. The van der Waals surface area contributed by atoms with Crippen molar-refractivity contribution in [2.45, 2.75) is 13.8 Å². The number of hydrogen-bond donors (Lipinski definition) is 0. The van der Waals surface area contributed by atoms with Gasteiger partial charge in [0.1, 0.15) is 0 Å². The maximum atomic E-state index is 8.04. The highest BCUT2D eigenvalue weighted by atomic mass is 32.1. The van der Waals surface area contributed by atoms with E-state index in [1.807, 2.05) is 26.0 Å². The van der Waals surface area contributed by atoms with E-state index >= 15 is 0 Å². The van der Waals surface area contributed by atoms with Crippen LogP contribution in [0.4, 0.5) is 0 Å². The molecule has 0 amide bonds. The Hall–Kier alpha value is -1.32. The molecule has 0 unspecified atom stereocenters. The summed E-state index contributed by atoms with van der Waals surface area (Å²) in [5.41, 5.74) is 9.06. The molecule has 0 aromatic carbocycles. The van der Waals surface area contributed by atoms with Gasteiger partial charge in [0.05, 0.1) is 10.7 Å². The van der Waals surface area contributed by atoms with E-state index in [-0.39, 0.29) is 0 Å². The Morgan fingerprint density at radius 2 is 2.38 bits per heavy atom. The summed E-state index contributed by atoms with van der Waals surface area (Å²) in [5, 5.41) is 4.46. The van der Waals surface area contributed by atoms with Crippen LogP contribution in [0, 0.1) is 13.8 Å². The summed E-state index contributed by atoms with van der Waals surface area (Å²) in [6.07, 6.45) is 3.77. The Morgan fingerprint density at radius 1 is 1.62 bits per heavy atom. The third-order valence-corrected chi connectivity index (χ3v) is 2.50. The molecule has 4 nitrogen and oxygen atoms in total. The molecule has 5 heteroatoms. The largest absolute Gasteiger partial charge is 0.246 e. The molecule has 0 radical (unpaired) electrons. The van der Waals surface area contributed by atoms with Crippen LogP contribution in [0.1, 0.15) is 15.6 Å². The van der Waals surface area contributed by atoms with Crippen molar-refractivity contribution in [3.05, 3.63) is 32.1 Å². The van der Waals surface area contributed by atoms with Crippen molar-refractivity contribution in [2.75, 3.05) is 6.54 Å². The Balaban J connectivity index is 2.67. The van der Waals surface area contributed by atoms with E-state index in [1.54, 1.807) is 11.3 Å². The van der Waals surface area contributed by atoms with Crippen LogP contribution >= 0.6 is 11.3 Å². The lowest BCUT2D eigenvalue weighted by Gasteiger charge is -1.84. The zero-order chi connectivity index (χ0) is 9.68. The standard InChI is InChI=1S/C8H10N4S/c1-6-8(13-7(2)11-6)4-3-5-10-12-9/h3-4H,5H2,1-2H3. The van der Waals surface area contributed by atoms with Gasteiger partial charge in [-0.05, 0) is 25.5 Å². The van der Waals surface area contributed by atoms with Crippen LogP contribution in [0.15, 0.2) is 11.2 Å². The van der Waals surface area contributed by atoms with Crippen LogP contribution in [0.25, 0.3) is 16.5 Å². The van der Waals surface area contributed by atoms with Gasteiger partial charge in [0, 0.05) is 16.3 Å². The quantitative estimate of drug-likeness (QED) is 0.414. The summed E-state index contributed by atoms with van der Waals surface area (Å²) in [7, 11) is 0. The molecule has 0 saturated heterocycles. The second kappa shape index (κ2) is 4.64. The lowest BCUT2D eigenvalue weighted by atomic mass is 10.3. The predicted molar refractivity (Wildman–Crippen MR) is 54.6 cm³/mol. The molecule has 0 fully saturated rings. The Labute approximate surface area is 80.6 Å². The Morgan fingerprint density at radius 3 is 2.92 bits per heavy atom. The highest BCUT2D eigenvalue weighted by molar-refractivity contribution is 7.12. The monoisotopic (exact) mass is 194 g/mol. The molecule has 1 heterocycles. The fourth-order valence-electron chi connectivity index (χ4n) is 0.945. The molecule has 0 saturated carbocycles. The van der Waals surface area contributed by atoms with E-state index in [1.165, 1.54) is 0 Å². The molecule has 0 aliphatic rings. The van der Waals surface area contributed by atoms with Crippen molar-refractivity contribution < 1.29 is 0 Å². The summed E-state index contributed by atoms with van der Waals surface area (Å²) < 4.78 is 0. The third-order valence-electron chi connectivity index (χ3n) is 1.46. The van der Waals surface area contributed by atoms with E-state index in [0.29, 0.717) is 6.54 Å². The molecular formula is C8H10N4S. The first kappa shape index (κ1) is 9.77. The fraction of sp³-hybridized carbons (Fsp3) is 0.375. The molecule has 0 bridgehead atoms. The highest BCUT2D eigenvalue weighted by Gasteiger charge is 1.99. The van der Waals surface area contributed by atoms with Gasteiger partial charge in [-0.2, -0.15) is 0 Å². The van der Waals surface area contributed by atoms with E-state index < -0.39 is 0 Å². The van der Waals surface area contributed by atoms with Crippen LogP contribution < -0.4 is 0 Å². The van der Waals surface area contributed by atoms with Crippen molar-refractivity contribution in [2.24, 2.45) is 5.11 Å². The average Bonchev–Trinajstić information content (AvgIpc) is 2.39. The van der Waals surface area contributed by atoms with Crippen LogP contribution in [0.5, 0.6) is 0 Å². The number of aryl methyl sites for hydroxylation is 2. The molecule has 0 spiro atoms. The second-order valence-corrected chi connectivity index (χ2v) is 3.73. The Bertz CT molecular complexity index is 360. The van der Waals surface area contributed by atoms with Crippen LogP contribution in [-0.2, 0) is 0 Å². The minimum Gasteiger partial charge on any atom is -0.246 e. The number of thiazole rings is 1. The summed E-state index contributed by atoms with van der Waals surface area (Å²) >= 11 is 1.64. The summed E-state index contributed by atoms with van der Waals surface area (Å²) in [6, 6.07) is 0. The van der Waals surface area contributed by atoms with Gasteiger partial charge >= 0.3 is 0 Å². The third kappa shape index (κ3) is 2.89. The molecule has 1 aromatic heterocycles. The zero-order valence-electron chi connectivity index (χ0n) is 7.56. The minimum absolute atomic E-state index is 0.396. The van der Waals surface area contributed by atoms with Gasteiger partial charge < -0.3 is 0 Å². The Kier molecular flexibility index (Phi) is 3.49. The second-order valence-electron chi connectivity index (χ2n) is 2.50. The highest BCUT2D eigenvalue weighted by Crippen LogP contribution is 2.18. The lowest BCUT2D eigenvalue weighted by Crippen LogP contribution is -1.74. The molecule has 68 valence electrons. The van der Waals surface area contributed by atoms with Gasteiger partial charge in [0.15, 0.2) is 0 Å². The maximum Gasteiger partial charge on any atom is 0.0903 e. The van der Waals surface area contributed by atoms with Crippen molar-refractivity contribution in [3.63, 3.8) is 0 Å². The number of azide groups is 1. The molecular weight excluding hydrogens is 184 g/mol. The first-order valence-corrected chi connectivity index (χ1v) is 4.67. The van der Waals surface area contributed by atoms with Crippen molar-refractivity contribution in [1.29, 1.82) is 0 Å². The summed E-state index contributed by atoms with van der Waals surface area (Å²) in [5.74, 6) is 0. The topological polar surface area (TPSA) is 61.7 Å². The molecule has 1 rings (SSSR count). The van der Waals surface area contributed by atoms with Crippen molar-refractivity contribution in [1.82, 2.24) is 4.98 Å². The molecule has 0 aliphatic heterocycles. The van der Waals surface area contributed by atoms with Gasteiger partial charge in [-0.25, -0.2) is 4.98 Å². The van der Waals surface area contributed by atoms with E-state index in [0.717, 1.165) is 15.6 Å². The molecule has 0 aliphatic carbocycles. The van der Waals surface area contributed by atoms with Crippen LogP contribution in [0.3, 0.4) is 0 Å². The maximum absolute atomic E-state index is 8.04. The van der Waals surface area contributed by atoms with Gasteiger partial charge in [0.2, 0.25) is 0 Å². The number of hydrogen-bond acceptors (Lipinski definition) is 3. The lowest BCUT2D eigenvalue weighted by molar-refractivity contribution is 1.19. The van der Waals surface area contributed by atoms with Gasteiger partial charge in [-0.1, -0.05) is 11.2 Å². The zero-order valence-corrected chi connectivity index (χ0v) is 8.38.